The molecule has 0 saturated carbocycles. The second kappa shape index (κ2) is 11.6. The minimum absolute atomic E-state index is 0. The second-order valence-corrected chi connectivity index (χ2v) is 3.48. The minimum Gasteiger partial charge on any atom is -0.845 e. The maximum Gasteiger partial charge on any atom is 1.00 e. The molecule has 0 radical (unpaired) electrons. The van der Waals surface area contributed by atoms with Gasteiger partial charge in [-0.05, 0) is 19.4 Å². The quantitative estimate of drug-likeness (QED) is 0.193. The van der Waals surface area contributed by atoms with Gasteiger partial charge in [0.25, 0.3) is 0 Å². The molecule has 0 aromatic heterocycles. The molecule has 0 rings (SSSR count). The number of aliphatic hydroxyl groups is 1. The first kappa shape index (κ1) is 18.5. The fourth-order valence-electron chi connectivity index (χ4n) is 1.17. The van der Waals surface area contributed by atoms with Crippen LogP contribution in [0.5, 0.6) is 0 Å². The topological polar surface area (TPSA) is 98.4 Å². The smallest absolute Gasteiger partial charge is 0.845 e. The Kier molecular flexibility index (Phi) is 14.4. The molecule has 0 aliphatic rings. The SMILES string of the molecule is CC(O)CCCCC[C@@H]([O-])C(=O)NN.[Rb+]. The number of nitrogens with one attached hydrogen (secondary N) is 1. The molecule has 0 aromatic rings. The number of aliphatic hydroxyl groups excluding tert-OH is 1. The normalized spacial score (nSPS) is 13.9. The second-order valence-electron chi connectivity index (χ2n) is 3.48. The van der Waals surface area contributed by atoms with Gasteiger partial charge < -0.3 is 10.2 Å². The van der Waals surface area contributed by atoms with Gasteiger partial charge >= 0.3 is 58.2 Å². The summed E-state index contributed by atoms with van der Waals surface area (Å²) in [7, 11) is 0. The first-order valence-electron chi connectivity index (χ1n) is 4.92. The number of hydrogen-bond acceptors (Lipinski definition) is 4. The van der Waals surface area contributed by atoms with E-state index in [1.54, 1.807) is 6.92 Å². The fourth-order valence-corrected chi connectivity index (χ4v) is 1.17. The number of carbonyl (C=O) groups excluding carboxylic acids is 1. The van der Waals surface area contributed by atoms with Crippen molar-refractivity contribution in [3.63, 3.8) is 0 Å². The molecule has 0 aliphatic heterocycles. The standard InChI is InChI=1S/C9H19N2O3.Rb/c1-7(12)5-3-2-4-6-8(13)9(14)11-10;/h7-8,12H,2-6,10H2,1H3,(H,11,14);/q-1;+1/t7?,8-;/m1./s1. The Morgan fingerprint density at radius 3 is 2.40 bits per heavy atom. The predicted molar refractivity (Wildman–Crippen MR) is 50.9 cm³/mol. The molecule has 4 N–H and O–H groups in total. The van der Waals surface area contributed by atoms with E-state index in [1.807, 2.05) is 5.43 Å². The van der Waals surface area contributed by atoms with E-state index >= 15 is 0 Å². The molecule has 0 heterocycles. The molecule has 0 saturated heterocycles. The zero-order valence-electron chi connectivity index (χ0n) is 9.53. The van der Waals surface area contributed by atoms with E-state index in [0.717, 1.165) is 19.3 Å². The van der Waals surface area contributed by atoms with Gasteiger partial charge in [-0.15, -0.1) is 0 Å². The summed E-state index contributed by atoms with van der Waals surface area (Å²) >= 11 is 0. The molecule has 0 bridgehead atoms. The van der Waals surface area contributed by atoms with E-state index < -0.39 is 12.0 Å². The zero-order valence-corrected chi connectivity index (χ0v) is 14.4. The average molecular weight is 289 g/mol. The van der Waals surface area contributed by atoms with Crippen molar-refractivity contribution in [1.82, 2.24) is 5.43 Å². The summed E-state index contributed by atoms with van der Waals surface area (Å²) < 4.78 is 0. The molecule has 5 nitrogen and oxygen atoms in total. The van der Waals surface area contributed by atoms with Gasteiger partial charge in [-0.25, -0.2) is 5.84 Å². The van der Waals surface area contributed by atoms with Crippen molar-refractivity contribution in [2.24, 2.45) is 5.84 Å². The van der Waals surface area contributed by atoms with Crippen LogP contribution in [-0.4, -0.2) is 23.2 Å². The Bertz CT molecular complexity index is 167. The first-order chi connectivity index (χ1) is 6.57. The van der Waals surface area contributed by atoms with E-state index in [2.05, 4.69) is 0 Å². The zero-order chi connectivity index (χ0) is 11.0. The van der Waals surface area contributed by atoms with Crippen LogP contribution in [0.4, 0.5) is 0 Å². The Balaban J connectivity index is 0. The van der Waals surface area contributed by atoms with E-state index in [1.165, 1.54) is 0 Å². The summed E-state index contributed by atoms with van der Waals surface area (Å²) in [5, 5.41) is 20.0. The van der Waals surface area contributed by atoms with Gasteiger partial charge in [0.1, 0.15) is 0 Å². The number of unbranched alkanes of at least 4 members (excludes halogenated alkanes) is 2. The van der Waals surface area contributed by atoms with Gasteiger partial charge in [0.05, 0.1) is 6.10 Å². The molecule has 15 heavy (non-hydrogen) atoms. The van der Waals surface area contributed by atoms with Crippen molar-refractivity contribution in [2.45, 2.75) is 51.2 Å². The van der Waals surface area contributed by atoms with Crippen LogP contribution in [0.15, 0.2) is 0 Å². The van der Waals surface area contributed by atoms with Crippen molar-refractivity contribution in [3.05, 3.63) is 0 Å². The molecule has 0 fully saturated rings. The molecule has 0 aliphatic carbocycles. The van der Waals surface area contributed by atoms with E-state index in [0.29, 0.717) is 12.8 Å². The number of hydrazine groups is 1. The van der Waals surface area contributed by atoms with Gasteiger partial charge in [0.15, 0.2) is 0 Å². The summed E-state index contributed by atoms with van der Waals surface area (Å²) in [5.74, 6) is 4.16. The molecular weight excluding hydrogens is 270 g/mol. The van der Waals surface area contributed by atoms with Gasteiger partial charge in [-0.1, -0.05) is 25.7 Å². The predicted octanol–water partition coefficient (Wildman–Crippen LogP) is -3.96. The molecule has 84 valence electrons. The minimum atomic E-state index is -1.26. The summed E-state index contributed by atoms with van der Waals surface area (Å²) in [6, 6.07) is 0. The third-order valence-electron chi connectivity index (χ3n) is 2.02. The summed E-state index contributed by atoms with van der Waals surface area (Å²) in [4.78, 5) is 10.7. The van der Waals surface area contributed by atoms with Crippen molar-refractivity contribution >= 4 is 5.91 Å². The molecule has 1 amide bonds. The number of rotatable bonds is 7. The van der Waals surface area contributed by atoms with Gasteiger partial charge in [0.2, 0.25) is 5.91 Å². The largest absolute Gasteiger partial charge is 1.00 e. The Hall–Kier alpha value is 1.16. The molecule has 0 aromatic carbocycles. The number of hydrogen-bond donors (Lipinski definition) is 3. The van der Waals surface area contributed by atoms with Gasteiger partial charge in [0, 0.05) is 0 Å². The Labute approximate surface area is 140 Å². The van der Waals surface area contributed by atoms with E-state index in [9.17, 15) is 9.90 Å². The Morgan fingerprint density at radius 2 is 1.93 bits per heavy atom. The van der Waals surface area contributed by atoms with Crippen LogP contribution < -0.4 is 74.6 Å². The van der Waals surface area contributed by atoms with Crippen LogP contribution in [0.3, 0.4) is 0 Å². The maximum atomic E-state index is 11.0. The number of carbonyl (C=O) groups is 1. The molecule has 0 spiro atoms. The first-order valence-corrected chi connectivity index (χ1v) is 4.92. The molecular formula is C9H19N2O3Rb. The monoisotopic (exact) mass is 288 g/mol. The molecule has 6 heteroatoms. The third-order valence-corrected chi connectivity index (χ3v) is 2.02. The van der Waals surface area contributed by atoms with Crippen LogP contribution in [-0.2, 0) is 4.79 Å². The average Bonchev–Trinajstić information content (AvgIpc) is 2.15. The van der Waals surface area contributed by atoms with Crippen LogP contribution in [0.2, 0.25) is 0 Å². The van der Waals surface area contributed by atoms with Crippen molar-refractivity contribution in [2.75, 3.05) is 0 Å². The molecule has 1 unspecified atom stereocenters. The van der Waals surface area contributed by atoms with Crippen molar-refractivity contribution in [1.29, 1.82) is 0 Å². The van der Waals surface area contributed by atoms with Crippen LogP contribution in [0.25, 0.3) is 0 Å². The Morgan fingerprint density at radius 1 is 1.40 bits per heavy atom. The van der Waals surface area contributed by atoms with Crippen LogP contribution in [0, 0.1) is 0 Å². The summed E-state index contributed by atoms with van der Waals surface area (Å²) in [5.41, 5.74) is 1.83. The molecule has 2 atom stereocenters. The summed E-state index contributed by atoms with van der Waals surface area (Å²) in [6.07, 6.45) is 1.96. The fraction of sp³-hybridized carbons (Fsp3) is 0.889. The van der Waals surface area contributed by atoms with E-state index in [4.69, 9.17) is 10.9 Å². The van der Waals surface area contributed by atoms with Gasteiger partial charge in [-0.2, -0.15) is 0 Å². The third kappa shape index (κ3) is 11.4. The number of amides is 1. The van der Waals surface area contributed by atoms with Crippen LogP contribution >= 0.6 is 0 Å². The van der Waals surface area contributed by atoms with E-state index in [-0.39, 0.29) is 64.3 Å². The summed E-state index contributed by atoms with van der Waals surface area (Å²) in [6.45, 7) is 1.73. The van der Waals surface area contributed by atoms with Crippen molar-refractivity contribution in [3.8, 4) is 0 Å². The van der Waals surface area contributed by atoms with Gasteiger partial charge in [-0.3, -0.25) is 10.2 Å². The number of nitrogens with two attached hydrogens (primary N) is 1. The van der Waals surface area contributed by atoms with Crippen molar-refractivity contribution < 1.29 is 73.2 Å². The van der Waals surface area contributed by atoms with Crippen LogP contribution in [0.1, 0.15) is 39.0 Å². The maximum absolute atomic E-state index is 11.0.